The van der Waals surface area contributed by atoms with Crippen molar-refractivity contribution in [2.75, 3.05) is 27.7 Å². The van der Waals surface area contributed by atoms with Crippen LogP contribution in [0.3, 0.4) is 0 Å². The van der Waals surface area contributed by atoms with Gasteiger partial charge in [0.25, 0.3) is 0 Å². The molecule has 0 N–H and O–H groups in total. The Labute approximate surface area is 93.6 Å². The van der Waals surface area contributed by atoms with Crippen LogP contribution >= 0.6 is 0 Å². The van der Waals surface area contributed by atoms with E-state index in [0.29, 0.717) is 5.54 Å². The summed E-state index contributed by atoms with van der Waals surface area (Å²) in [6, 6.07) is 0. The summed E-state index contributed by atoms with van der Waals surface area (Å²) < 4.78 is 33.0. The Morgan fingerprint density at radius 1 is 1.20 bits per heavy atom. The third-order valence-electron chi connectivity index (χ3n) is 2.27. The van der Waals surface area contributed by atoms with Crippen molar-refractivity contribution in [2.24, 2.45) is 0 Å². The predicted octanol–water partition coefficient (Wildman–Crippen LogP) is 0.974. The fourth-order valence-corrected chi connectivity index (χ4v) is 0.433. The van der Waals surface area contributed by atoms with Crippen molar-refractivity contribution in [3.05, 3.63) is 0 Å². The average Bonchev–Trinajstić information content (AvgIpc) is 1.79. The maximum Gasteiger partial charge on any atom is 0.217 e. The summed E-state index contributed by atoms with van der Waals surface area (Å²) in [5, 5.41) is 0. The average molecular weight is 241 g/mol. The summed E-state index contributed by atoms with van der Waals surface area (Å²) in [4.78, 5) is 0. The van der Waals surface area contributed by atoms with Gasteiger partial charge in [0.1, 0.15) is 0 Å². The smallest absolute Gasteiger partial charge is 0.217 e. The van der Waals surface area contributed by atoms with Crippen LogP contribution in [0.5, 0.6) is 0 Å². The Balaban J connectivity index is 0. The van der Waals surface area contributed by atoms with Crippen molar-refractivity contribution >= 4 is 10.4 Å². The van der Waals surface area contributed by atoms with Gasteiger partial charge in [-0.3, -0.25) is 4.18 Å². The van der Waals surface area contributed by atoms with Gasteiger partial charge in [-0.15, -0.1) is 0 Å². The lowest BCUT2D eigenvalue weighted by Gasteiger charge is -2.38. The van der Waals surface area contributed by atoms with Crippen molar-refractivity contribution in [3.63, 3.8) is 0 Å². The van der Waals surface area contributed by atoms with Gasteiger partial charge in [0, 0.05) is 0 Å². The molecule has 0 spiro atoms. The Morgan fingerprint density at radius 3 is 1.47 bits per heavy atom. The van der Waals surface area contributed by atoms with Crippen LogP contribution in [0.2, 0.25) is 0 Å². The molecule has 0 atom stereocenters. The van der Waals surface area contributed by atoms with Crippen molar-refractivity contribution < 1.29 is 21.6 Å². The van der Waals surface area contributed by atoms with E-state index >= 15 is 0 Å². The van der Waals surface area contributed by atoms with E-state index < -0.39 is 10.4 Å². The zero-order valence-corrected chi connectivity index (χ0v) is 11.5. The third kappa shape index (κ3) is 11.8. The molecule has 0 amide bonds. The summed E-state index contributed by atoms with van der Waals surface area (Å²) in [7, 11) is 2.20. The number of nitrogens with zero attached hydrogens (tertiary/aromatic N) is 1. The monoisotopic (exact) mass is 241 g/mol. The minimum Gasteiger partial charge on any atom is -0.726 e. The van der Waals surface area contributed by atoms with E-state index in [1.54, 1.807) is 0 Å². The standard InChI is InChI=1S/C7H18N.C2H6O4S/c1-7(2,3)8(4,5)6;1-2-6-7(3,4)5/h1-6H3;2H2,1H3,(H,3,4,5)/q+1;/p-1. The highest BCUT2D eigenvalue weighted by molar-refractivity contribution is 7.80. The van der Waals surface area contributed by atoms with Crippen LogP contribution in [0, 0.1) is 0 Å². The number of quaternary nitrogens is 1. The maximum atomic E-state index is 9.45. The van der Waals surface area contributed by atoms with Crippen LogP contribution in [-0.4, -0.2) is 50.7 Å². The molecule has 0 unspecified atom stereocenters. The second-order valence-electron chi connectivity index (χ2n) is 5.00. The van der Waals surface area contributed by atoms with Gasteiger partial charge in [0.15, 0.2) is 0 Å². The number of hydrogen-bond donors (Lipinski definition) is 0. The van der Waals surface area contributed by atoms with Gasteiger partial charge in [0.05, 0.1) is 33.3 Å². The molecule has 0 bridgehead atoms. The first-order valence-electron chi connectivity index (χ1n) is 4.73. The normalized spacial score (nSPS) is 13.1. The van der Waals surface area contributed by atoms with Crippen LogP contribution in [0.25, 0.3) is 0 Å². The van der Waals surface area contributed by atoms with Gasteiger partial charge in [-0.25, -0.2) is 8.42 Å². The molecule has 0 saturated carbocycles. The highest BCUT2D eigenvalue weighted by Gasteiger charge is 2.25. The topological polar surface area (TPSA) is 66.4 Å². The zero-order valence-electron chi connectivity index (χ0n) is 10.7. The summed E-state index contributed by atoms with van der Waals surface area (Å²) in [5.41, 5.74) is 0.375. The molecule has 0 fully saturated rings. The fourth-order valence-electron chi connectivity index (χ4n) is 0.144. The van der Waals surface area contributed by atoms with E-state index in [-0.39, 0.29) is 6.61 Å². The number of rotatable bonds is 2. The lowest BCUT2D eigenvalue weighted by atomic mass is 10.1. The van der Waals surface area contributed by atoms with E-state index in [1.807, 2.05) is 0 Å². The summed E-state index contributed by atoms with van der Waals surface area (Å²) in [6.45, 7) is 8.06. The Hall–Kier alpha value is -0.170. The van der Waals surface area contributed by atoms with Crippen LogP contribution in [0.15, 0.2) is 0 Å². The van der Waals surface area contributed by atoms with Crippen molar-refractivity contribution in [2.45, 2.75) is 33.2 Å². The minimum atomic E-state index is -4.42. The second-order valence-corrected chi connectivity index (χ2v) is 6.05. The molecule has 0 aromatic rings. The first-order chi connectivity index (χ1) is 6.31. The van der Waals surface area contributed by atoms with Crippen LogP contribution in [-0.2, 0) is 14.6 Å². The van der Waals surface area contributed by atoms with Gasteiger partial charge in [-0.2, -0.15) is 0 Å². The van der Waals surface area contributed by atoms with Gasteiger partial charge < -0.3 is 9.04 Å². The number of hydrogen-bond acceptors (Lipinski definition) is 4. The predicted molar refractivity (Wildman–Crippen MR) is 59.1 cm³/mol. The Morgan fingerprint density at radius 2 is 1.47 bits per heavy atom. The molecule has 0 radical (unpaired) electrons. The fraction of sp³-hybridized carbons (Fsp3) is 1.00. The quantitative estimate of drug-likeness (QED) is 0.410. The summed E-state index contributed by atoms with van der Waals surface area (Å²) in [5.74, 6) is 0. The third-order valence-corrected chi connectivity index (χ3v) is 2.80. The van der Waals surface area contributed by atoms with Crippen molar-refractivity contribution in [1.82, 2.24) is 0 Å². The molecule has 0 aliphatic carbocycles. The van der Waals surface area contributed by atoms with Crippen LogP contribution in [0.4, 0.5) is 0 Å². The van der Waals surface area contributed by atoms with E-state index in [0.717, 1.165) is 4.48 Å². The van der Waals surface area contributed by atoms with Gasteiger partial charge in [-0.1, -0.05) is 0 Å². The van der Waals surface area contributed by atoms with Gasteiger partial charge in [-0.05, 0) is 27.7 Å². The van der Waals surface area contributed by atoms with Gasteiger partial charge in [0.2, 0.25) is 10.4 Å². The molecule has 0 aliphatic heterocycles. The Bertz CT molecular complexity index is 247. The summed E-state index contributed by atoms with van der Waals surface area (Å²) in [6.07, 6.45) is 0. The molecule has 6 heteroatoms. The van der Waals surface area contributed by atoms with Crippen LogP contribution < -0.4 is 0 Å². The molecule has 0 aromatic carbocycles. The molecule has 0 heterocycles. The molecule has 0 saturated heterocycles. The molecule has 94 valence electrons. The van der Waals surface area contributed by atoms with E-state index in [1.165, 1.54) is 6.92 Å². The summed E-state index contributed by atoms with van der Waals surface area (Å²) >= 11 is 0. The van der Waals surface area contributed by atoms with Crippen molar-refractivity contribution in [1.29, 1.82) is 0 Å². The molecule has 0 aromatic heterocycles. The minimum absolute atomic E-state index is 0.0914. The second kappa shape index (κ2) is 5.79. The van der Waals surface area contributed by atoms with Gasteiger partial charge >= 0.3 is 0 Å². The van der Waals surface area contributed by atoms with E-state index in [9.17, 15) is 13.0 Å². The molecule has 15 heavy (non-hydrogen) atoms. The van der Waals surface area contributed by atoms with E-state index in [4.69, 9.17) is 0 Å². The van der Waals surface area contributed by atoms with Crippen LogP contribution in [0.1, 0.15) is 27.7 Å². The maximum absolute atomic E-state index is 9.45. The SMILES string of the molecule is CC(C)(C)[N+](C)(C)C.CCOS(=O)(=O)[O-]. The largest absolute Gasteiger partial charge is 0.726 e. The first kappa shape index (κ1) is 17.2. The highest BCUT2D eigenvalue weighted by atomic mass is 32.3. The molecule has 0 rings (SSSR count). The molecular formula is C9H23NO4S. The molecule has 0 aliphatic rings. The van der Waals surface area contributed by atoms with E-state index in [2.05, 4.69) is 46.1 Å². The molecular weight excluding hydrogens is 218 g/mol. The Kier molecular flexibility index (Phi) is 6.65. The lowest BCUT2D eigenvalue weighted by Crippen LogP contribution is -2.50. The van der Waals surface area contributed by atoms with Crippen molar-refractivity contribution in [3.8, 4) is 0 Å². The highest BCUT2D eigenvalue weighted by Crippen LogP contribution is 2.14. The first-order valence-corrected chi connectivity index (χ1v) is 6.06. The lowest BCUT2D eigenvalue weighted by molar-refractivity contribution is -0.917. The molecule has 5 nitrogen and oxygen atoms in total. The zero-order chi connectivity index (χ0) is 12.9.